The molecule has 0 aromatic heterocycles. The number of aryl methyl sites for hydroxylation is 2. The Hall–Kier alpha value is -2.99. The maximum atomic E-state index is 6.04. The van der Waals surface area contributed by atoms with E-state index < -0.39 is 0 Å². The normalized spacial score (nSPS) is 11.3. The number of allylic oxidation sites excluding steroid dienone is 1. The Morgan fingerprint density at radius 2 is 1.52 bits per heavy atom. The number of rotatable bonds is 16. The van der Waals surface area contributed by atoms with Crippen molar-refractivity contribution >= 4 is 6.21 Å². The fourth-order valence-corrected chi connectivity index (χ4v) is 3.23. The lowest BCUT2D eigenvalue weighted by Crippen LogP contribution is -2.03. The molecule has 6 heteroatoms. The van der Waals surface area contributed by atoms with E-state index in [9.17, 15) is 0 Å². The molecule has 2 rings (SSSR count). The third-order valence-electron chi connectivity index (χ3n) is 4.89. The minimum atomic E-state index is 0.378. The largest absolute Gasteiger partial charge is 0.493 e. The molecule has 0 aliphatic rings. The summed E-state index contributed by atoms with van der Waals surface area (Å²) >= 11 is 0. The van der Waals surface area contributed by atoms with E-state index in [4.69, 9.17) is 18.9 Å². The molecule has 0 amide bonds. The van der Waals surface area contributed by atoms with Gasteiger partial charge in [0.25, 0.3) is 0 Å². The first-order valence-electron chi connectivity index (χ1n) is 11.5. The first-order chi connectivity index (χ1) is 16.1. The number of unbranched alkanes of at least 4 members (excludes halogenated alkanes) is 2. The molecule has 2 aromatic rings. The Kier molecular flexibility index (Phi) is 12.5. The van der Waals surface area contributed by atoms with Gasteiger partial charge in [-0.15, -0.1) is 0 Å². The van der Waals surface area contributed by atoms with Gasteiger partial charge < -0.3 is 23.8 Å². The summed E-state index contributed by atoms with van der Waals surface area (Å²) in [5.41, 5.74) is 3.34. The van der Waals surface area contributed by atoms with Crippen molar-refractivity contribution in [2.75, 3.05) is 33.5 Å². The molecule has 0 N–H and O–H groups in total. The minimum Gasteiger partial charge on any atom is -0.493 e. The summed E-state index contributed by atoms with van der Waals surface area (Å²) in [6.07, 6.45) is 8.63. The highest BCUT2D eigenvalue weighted by atomic mass is 16.6. The van der Waals surface area contributed by atoms with E-state index in [1.807, 2.05) is 55.5 Å². The van der Waals surface area contributed by atoms with Crippen molar-refractivity contribution in [1.82, 2.24) is 0 Å². The molecule has 0 saturated heterocycles. The van der Waals surface area contributed by atoms with Gasteiger partial charge in [-0.1, -0.05) is 29.4 Å². The van der Waals surface area contributed by atoms with E-state index in [1.165, 1.54) is 7.11 Å². The van der Waals surface area contributed by atoms with Crippen LogP contribution in [0.25, 0.3) is 0 Å². The minimum absolute atomic E-state index is 0.378. The highest BCUT2D eigenvalue weighted by Gasteiger charge is 2.07. The van der Waals surface area contributed by atoms with Crippen LogP contribution >= 0.6 is 0 Å². The van der Waals surface area contributed by atoms with Crippen molar-refractivity contribution in [2.45, 2.75) is 46.6 Å². The molecule has 0 aliphatic heterocycles. The number of oxime groups is 1. The van der Waals surface area contributed by atoms with E-state index in [0.717, 1.165) is 59.8 Å². The quantitative estimate of drug-likeness (QED) is 0.134. The first kappa shape index (κ1) is 26.3. The lowest BCUT2D eigenvalue weighted by atomic mass is 10.1. The summed E-state index contributed by atoms with van der Waals surface area (Å²) in [5, 5.41) is 3.63. The molecule has 0 aliphatic carbocycles. The highest BCUT2D eigenvalue weighted by Crippen LogP contribution is 2.28. The zero-order valence-electron chi connectivity index (χ0n) is 20.3. The van der Waals surface area contributed by atoms with Crippen LogP contribution in [0.5, 0.6) is 17.2 Å². The fraction of sp³-hybridized carbons (Fsp3) is 0.444. The maximum absolute atomic E-state index is 6.04. The van der Waals surface area contributed by atoms with Crippen LogP contribution in [0.1, 0.15) is 42.9 Å². The topological polar surface area (TPSA) is 58.5 Å². The van der Waals surface area contributed by atoms with Crippen LogP contribution in [0.3, 0.4) is 0 Å². The van der Waals surface area contributed by atoms with E-state index >= 15 is 0 Å². The number of nitrogens with zero attached hydrogens (tertiary/aromatic N) is 1. The first-order valence-corrected chi connectivity index (χ1v) is 11.5. The molecular weight excluding hydrogens is 418 g/mol. The van der Waals surface area contributed by atoms with Crippen LogP contribution < -0.4 is 14.2 Å². The molecule has 0 unspecified atom stereocenters. The van der Waals surface area contributed by atoms with Crippen LogP contribution in [-0.2, 0) is 16.2 Å². The van der Waals surface area contributed by atoms with Crippen molar-refractivity contribution in [1.29, 1.82) is 0 Å². The van der Waals surface area contributed by atoms with Gasteiger partial charge in [0.2, 0.25) is 0 Å². The van der Waals surface area contributed by atoms with Gasteiger partial charge in [0.05, 0.1) is 19.4 Å². The molecular formula is C27H37NO5. The summed E-state index contributed by atoms with van der Waals surface area (Å²) in [6.45, 7) is 9.12. The Bertz CT molecular complexity index is 838. The van der Waals surface area contributed by atoms with Gasteiger partial charge in [-0.05, 0) is 81.0 Å². The summed E-state index contributed by atoms with van der Waals surface area (Å²) < 4.78 is 23.1. The number of ether oxygens (including phenoxy) is 4. The molecule has 0 spiro atoms. The van der Waals surface area contributed by atoms with Gasteiger partial charge in [0.15, 0.2) is 0 Å². The Balaban J connectivity index is 1.57. The number of hydrogen-bond donors (Lipinski definition) is 0. The van der Waals surface area contributed by atoms with Crippen molar-refractivity contribution < 1.29 is 23.8 Å². The smallest absolute Gasteiger partial charge is 0.127 e. The molecule has 180 valence electrons. The zero-order chi connectivity index (χ0) is 23.7. The molecule has 0 fully saturated rings. The van der Waals surface area contributed by atoms with E-state index in [1.54, 1.807) is 6.21 Å². The van der Waals surface area contributed by atoms with Gasteiger partial charge in [-0.2, -0.15) is 0 Å². The van der Waals surface area contributed by atoms with Crippen molar-refractivity contribution in [3.05, 3.63) is 65.2 Å². The summed E-state index contributed by atoms with van der Waals surface area (Å²) in [7, 11) is 1.50. The van der Waals surface area contributed by atoms with Crippen LogP contribution in [0.4, 0.5) is 0 Å². The number of benzene rings is 2. The predicted molar refractivity (Wildman–Crippen MR) is 133 cm³/mol. The molecule has 6 nitrogen and oxygen atoms in total. The van der Waals surface area contributed by atoms with E-state index in [0.29, 0.717) is 26.4 Å². The molecule has 0 heterocycles. The third-order valence-corrected chi connectivity index (χ3v) is 4.89. The molecule has 33 heavy (non-hydrogen) atoms. The second kappa shape index (κ2) is 15.8. The van der Waals surface area contributed by atoms with Gasteiger partial charge in [0.1, 0.15) is 37.6 Å². The van der Waals surface area contributed by atoms with E-state index in [-0.39, 0.29) is 0 Å². The Morgan fingerprint density at radius 3 is 2.21 bits per heavy atom. The van der Waals surface area contributed by atoms with Crippen molar-refractivity contribution in [2.24, 2.45) is 5.16 Å². The van der Waals surface area contributed by atoms with Crippen LogP contribution in [0.15, 0.2) is 53.7 Å². The maximum Gasteiger partial charge on any atom is 0.127 e. The van der Waals surface area contributed by atoms with Crippen LogP contribution in [-0.4, -0.2) is 39.8 Å². The Morgan fingerprint density at radius 1 is 0.818 bits per heavy atom. The SMILES string of the molecule is C/C=C/COc1cc(C)c(OCCCCCOCc2ccc(OCC=NOC)cc2)c(C)c1. The molecule has 2 aromatic carbocycles. The average Bonchev–Trinajstić information content (AvgIpc) is 2.81. The molecule has 0 atom stereocenters. The van der Waals surface area contributed by atoms with Crippen molar-refractivity contribution in [3.8, 4) is 17.2 Å². The standard InChI is InChI=1S/C27H37NO5/c1-5-6-16-31-26-19-22(2)27(23(3)20-26)33-17-9-7-8-15-30-21-24-10-12-25(13-11-24)32-18-14-28-29-4/h5-6,10-14,19-20H,7-9,15-18,21H2,1-4H3/b6-5+,28-14?. The number of hydrogen-bond acceptors (Lipinski definition) is 6. The molecule has 0 radical (unpaired) electrons. The van der Waals surface area contributed by atoms with E-state index in [2.05, 4.69) is 23.8 Å². The Labute approximate surface area is 198 Å². The van der Waals surface area contributed by atoms with Crippen molar-refractivity contribution in [3.63, 3.8) is 0 Å². The van der Waals surface area contributed by atoms with Gasteiger partial charge in [0, 0.05) is 6.61 Å². The molecule has 0 bridgehead atoms. The predicted octanol–water partition coefficient (Wildman–Crippen LogP) is 6.04. The van der Waals surface area contributed by atoms with Gasteiger partial charge in [-0.3, -0.25) is 0 Å². The third kappa shape index (κ3) is 10.4. The van der Waals surface area contributed by atoms with Gasteiger partial charge >= 0.3 is 0 Å². The second-order valence-corrected chi connectivity index (χ2v) is 7.65. The van der Waals surface area contributed by atoms with Crippen LogP contribution in [0.2, 0.25) is 0 Å². The summed E-state index contributed by atoms with van der Waals surface area (Å²) in [6, 6.07) is 12.0. The lowest BCUT2D eigenvalue weighted by Gasteiger charge is -2.14. The summed E-state index contributed by atoms with van der Waals surface area (Å²) in [5.74, 6) is 2.64. The fourth-order valence-electron chi connectivity index (χ4n) is 3.23. The van der Waals surface area contributed by atoms with Gasteiger partial charge in [-0.25, -0.2) is 0 Å². The lowest BCUT2D eigenvalue weighted by molar-refractivity contribution is 0.115. The monoisotopic (exact) mass is 455 g/mol. The highest BCUT2D eigenvalue weighted by molar-refractivity contribution is 5.58. The van der Waals surface area contributed by atoms with Crippen LogP contribution in [0, 0.1) is 13.8 Å². The molecule has 0 saturated carbocycles. The average molecular weight is 456 g/mol. The summed E-state index contributed by atoms with van der Waals surface area (Å²) in [4.78, 5) is 4.59. The zero-order valence-corrected chi connectivity index (χ0v) is 20.3. The second-order valence-electron chi connectivity index (χ2n) is 7.65.